The molecule has 0 amide bonds. The van der Waals surface area contributed by atoms with Crippen molar-refractivity contribution in [3.05, 3.63) is 23.8 Å². The highest BCUT2D eigenvalue weighted by molar-refractivity contribution is 5.94. The van der Waals surface area contributed by atoms with Crippen LogP contribution in [0.4, 0.5) is 11.4 Å². The maximum absolute atomic E-state index is 10.9. The summed E-state index contributed by atoms with van der Waals surface area (Å²) in [4.78, 5) is 10.9. The number of rotatable bonds is 10. The van der Waals surface area contributed by atoms with Crippen LogP contribution in [0.25, 0.3) is 0 Å². The Morgan fingerprint density at radius 1 is 1.30 bits per heavy atom. The van der Waals surface area contributed by atoms with E-state index in [0.717, 1.165) is 25.1 Å². The Hall–Kier alpha value is -1.79. The maximum atomic E-state index is 10.9. The van der Waals surface area contributed by atoms with Gasteiger partial charge in [-0.2, -0.15) is 0 Å². The maximum Gasteiger partial charge on any atom is 0.337 e. The van der Waals surface area contributed by atoms with Gasteiger partial charge in [0, 0.05) is 31.6 Å². The molecule has 20 heavy (non-hydrogen) atoms. The van der Waals surface area contributed by atoms with E-state index in [1.165, 1.54) is 0 Å². The van der Waals surface area contributed by atoms with Gasteiger partial charge in [0.15, 0.2) is 0 Å². The minimum absolute atomic E-state index is 0.123. The molecule has 1 aromatic rings. The SMILES string of the molecule is COCCOCCCCNc1ccc(N)c(C(=O)O)c1. The number of hydrogen-bond donors (Lipinski definition) is 3. The van der Waals surface area contributed by atoms with Gasteiger partial charge in [0.2, 0.25) is 0 Å². The third kappa shape index (κ3) is 5.90. The van der Waals surface area contributed by atoms with Crippen LogP contribution < -0.4 is 11.1 Å². The number of nitrogens with one attached hydrogen (secondary N) is 1. The van der Waals surface area contributed by atoms with Gasteiger partial charge in [0.1, 0.15) is 0 Å². The Labute approximate surface area is 118 Å². The molecule has 0 saturated heterocycles. The number of aromatic carboxylic acids is 1. The van der Waals surface area contributed by atoms with Crippen LogP contribution in [-0.2, 0) is 9.47 Å². The molecule has 0 aliphatic rings. The Bertz CT molecular complexity index is 424. The molecule has 6 heteroatoms. The van der Waals surface area contributed by atoms with Gasteiger partial charge in [0.05, 0.1) is 18.8 Å². The van der Waals surface area contributed by atoms with Crippen molar-refractivity contribution < 1.29 is 19.4 Å². The summed E-state index contributed by atoms with van der Waals surface area (Å²) >= 11 is 0. The van der Waals surface area contributed by atoms with E-state index in [0.29, 0.717) is 19.8 Å². The monoisotopic (exact) mass is 282 g/mol. The van der Waals surface area contributed by atoms with E-state index in [1.54, 1.807) is 25.3 Å². The van der Waals surface area contributed by atoms with Crippen molar-refractivity contribution in [1.29, 1.82) is 0 Å². The fraction of sp³-hybridized carbons (Fsp3) is 0.500. The lowest BCUT2D eigenvalue weighted by Crippen LogP contribution is -2.07. The summed E-state index contributed by atoms with van der Waals surface area (Å²) in [5.74, 6) is -1.02. The van der Waals surface area contributed by atoms with Crippen molar-refractivity contribution in [2.24, 2.45) is 0 Å². The fourth-order valence-corrected chi connectivity index (χ4v) is 1.66. The molecule has 0 fully saturated rings. The second kappa shape index (κ2) is 9.17. The lowest BCUT2D eigenvalue weighted by Gasteiger charge is -2.09. The van der Waals surface area contributed by atoms with Crippen molar-refractivity contribution in [3.63, 3.8) is 0 Å². The van der Waals surface area contributed by atoms with E-state index in [-0.39, 0.29) is 11.3 Å². The van der Waals surface area contributed by atoms with Gasteiger partial charge in [-0.15, -0.1) is 0 Å². The van der Waals surface area contributed by atoms with Gasteiger partial charge in [-0.05, 0) is 31.0 Å². The number of nitrogen functional groups attached to an aromatic ring is 1. The molecular formula is C14H22N2O4. The Kier molecular flexibility index (Phi) is 7.46. The molecule has 0 heterocycles. The highest BCUT2D eigenvalue weighted by atomic mass is 16.5. The lowest BCUT2D eigenvalue weighted by atomic mass is 10.1. The standard InChI is InChI=1S/C14H22N2O4/c1-19-8-9-20-7-3-2-6-16-11-4-5-13(15)12(10-11)14(17)18/h4-5,10,16H,2-3,6-9,15H2,1H3,(H,17,18). The minimum Gasteiger partial charge on any atom is -0.478 e. The quantitative estimate of drug-likeness (QED) is 0.448. The Morgan fingerprint density at radius 3 is 2.80 bits per heavy atom. The number of unbranched alkanes of at least 4 members (excludes halogenated alkanes) is 1. The first-order valence-corrected chi connectivity index (χ1v) is 6.58. The van der Waals surface area contributed by atoms with Crippen molar-refractivity contribution in [3.8, 4) is 0 Å². The van der Waals surface area contributed by atoms with Crippen LogP contribution in [0.5, 0.6) is 0 Å². The van der Waals surface area contributed by atoms with Crippen molar-refractivity contribution in [2.45, 2.75) is 12.8 Å². The predicted octanol–water partition coefficient (Wildman–Crippen LogP) is 1.82. The summed E-state index contributed by atoms with van der Waals surface area (Å²) in [5, 5.41) is 12.1. The zero-order chi connectivity index (χ0) is 14.8. The van der Waals surface area contributed by atoms with Gasteiger partial charge < -0.3 is 25.6 Å². The zero-order valence-electron chi connectivity index (χ0n) is 11.7. The van der Waals surface area contributed by atoms with Gasteiger partial charge in [0.25, 0.3) is 0 Å². The molecule has 1 rings (SSSR count). The van der Waals surface area contributed by atoms with Crippen molar-refractivity contribution in [2.75, 3.05) is 44.5 Å². The molecule has 0 aliphatic carbocycles. The van der Waals surface area contributed by atoms with E-state index < -0.39 is 5.97 Å². The van der Waals surface area contributed by atoms with Crippen molar-refractivity contribution >= 4 is 17.3 Å². The molecule has 0 unspecified atom stereocenters. The predicted molar refractivity (Wildman–Crippen MR) is 78.2 cm³/mol. The highest BCUT2D eigenvalue weighted by Gasteiger charge is 2.08. The molecule has 0 bridgehead atoms. The third-order valence-electron chi connectivity index (χ3n) is 2.76. The Balaban J connectivity index is 2.22. The van der Waals surface area contributed by atoms with Gasteiger partial charge >= 0.3 is 5.97 Å². The summed E-state index contributed by atoms with van der Waals surface area (Å²) in [6.45, 7) is 2.69. The van der Waals surface area contributed by atoms with Crippen LogP contribution in [0.2, 0.25) is 0 Å². The molecule has 6 nitrogen and oxygen atoms in total. The molecule has 4 N–H and O–H groups in total. The molecule has 0 radical (unpaired) electrons. The number of carboxylic acids is 1. The first-order chi connectivity index (χ1) is 9.65. The van der Waals surface area contributed by atoms with E-state index in [9.17, 15) is 4.79 Å². The summed E-state index contributed by atoms with van der Waals surface area (Å²) in [5.41, 5.74) is 6.75. The fourth-order valence-electron chi connectivity index (χ4n) is 1.66. The number of ether oxygens (including phenoxy) is 2. The molecule has 0 atom stereocenters. The number of hydrogen-bond acceptors (Lipinski definition) is 5. The van der Waals surface area contributed by atoms with Crippen LogP contribution in [0.3, 0.4) is 0 Å². The van der Waals surface area contributed by atoms with Crippen LogP contribution in [0.15, 0.2) is 18.2 Å². The first-order valence-electron chi connectivity index (χ1n) is 6.58. The summed E-state index contributed by atoms with van der Waals surface area (Å²) in [6.07, 6.45) is 1.89. The molecular weight excluding hydrogens is 260 g/mol. The number of carboxylic acid groups (broad SMARTS) is 1. The van der Waals surface area contributed by atoms with E-state index in [4.69, 9.17) is 20.3 Å². The van der Waals surface area contributed by atoms with Crippen molar-refractivity contribution in [1.82, 2.24) is 0 Å². The molecule has 0 saturated carbocycles. The van der Waals surface area contributed by atoms with Crippen LogP contribution in [-0.4, -0.2) is 44.6 Å². The van der Waals surface area contributed by atoms with Crippen LogP contribution in [0, 0.1) is 0 Å². The average Bonchev–Trinajstić information content (AvgIpc) is 2.43. The summed E-state index contributed by atoms with van der Waals surface area (Å²) in [7, 11) is 1.64. The van der Waals surface area contributed by atoms with Gasteiger partial charge in [-0.1, -0.05) is 0 Å². The van der Waals surface area contributed by atoms with Crippen LogP contribution >= 0.6 is 0 Å². The number of methoxy groups -OCH3 is 1. The first kappa shape index (κ1) is 16.3. The minimum atomic E-state index is -1.02. The number of benzene rings is 1. The van der Waals surface area contributed by atoms with E-state index >= 15 is 0 Å². The second-order valence-electron chi connectivity index (χ2n) is 4.35. The van der Waals surface area contributed by atoms with Crippen LogP contribution in [0.1, 0.15) is 23.2 Å². The average molecular weight is 282 g/mol. The van der Waals surface area contributed by atoms with E-state index in [2.05, 4.69) is 5.32 Å². The molecule has 0 spiro atoms. The topological polar surface area (TPSA) is 93.8 Å². The molecule has 0 aliphatic heterocycles. The highest BCUT2D eigenvalue weighted by Crippen LogP contribution is 2.17. The smallest absolute Gasteiger partial charge is 0.337 e. The van der Waals surface area contributed by atoms with Gasteiger partial charge in [-0.25, -0.2) is 4.79 Å². The molecule has 112 valence electrons. The zero-order valence-corrected chi connectivity index (χ0v) is 11.7. The summed E-state index contributed by atoms with van der Waals surface area (Å²) < 4.78 is 10.2. The Morgan fingerprint density at radius 2 is 2.10 bits per heavy atom. The van der Waals surface area contributed by atoms with Gasteiger partial charge in [-0.3, -0.25) is 0 Å². The van der Waals surface area contributed by atoms with E-state index in [1.807, 2.05) is 0 Å². The summed E-state index contributed by atoms with van der Waals surface area (Å²) in [6, 6.07) is 4.92. The number of anilines is 2. The normalized spacial score (nSPS) is 10.4. The number of carbonyl (C=O) groups is 1. The molecule has 1 aromatic carbocycles. The lowest BCUT2D eigenvalue weighted by molar-refractivity contribution is 0.0691. The molecule has 0 aromatic heterocycles. The number of nitrogens with two attached hydrogens (primary N) is 1. The third-order valence-corrected chi connectivity index (χ3v) is 2.76. The second-order valence-corrected chi connectivity index (χ2v) is 4.35. The largest absolute Gasteiger partial charge is 0.478 e.